The number of aromatic nitrogens is 2. The highest BCUT2D eigenvalue weighted by atomic mass is 16.4. The van der Waals surface area contributed by atoms with Crippen LogP contribution < -0.4 is 0 Å². The van der Waals surface area contributed by atoms with Crippen LogP contribution in [0.1, 0.15) is 60.3 Å². The minimum atomic E-state index is -0.867. The molecule has 4 saturated carbocycles. The summed E-state index contributed by atoms with van der Waals surface area (Å²) in [6, 6.07) is 7.28. The van der Waals surface area contributed by atoms with Crippen molar-refractivity contribution in [1.29, 1.82) is 0 Å². The molecule has 1 aromatic carbocycles. The number of hydrogen-bond donors (Lipinski definition) is 1. The molecule has 4 aliphatic rings. The van der Waals surface area contributed by atoms with Crippen molar-refractivity contribution >= 4 is 5.97 Å². The molecule has 1 heterocycles. The molecular weight excluding hydrogens is 312 g/mol. The summed E-state index contributed by atoms with van der Waals surface area (Å²) in [5.74, 6) is 3.06. The van der Waals surface area contributed by atoms with Crippen molar-refractivity contribution in [2.24, 2.45) is 17.8 Å². The number of carboxylic acids is 1. The second kappa shape index (κ2) is 5.45. The lowest BCUT2D eigenvalue weighted by molar-refractivity contribution is -0.0108. The van der Waals surface area contributed by atoms with Crippen molar-refractivity contribution in [3.8, 4) is 0 Å². The van der Waals surface area contributed by atoms with Crippen LogP contribution in [0.2, 0.25) is 0 Å². The third-order valence-corrected chi connectivity index (χ3v) is 6.75. The van der Waals surface area contributed by atoms with Crippen molar-refractivity contribution in [2.75, 3.05) is 0 Å². The molecule has 1 N–H and O–H groups in total. The van der Waals surface area contributed by atoms with Crippen molar-refractivity contribution in [1.82, 2.24) is 9.55 Å². The summed E-state index contributed by atoms with van der Waals surface area (Å²) in [7, 11) is 0. The molecule has 4 bridgehead atoms. The van der Waals surface area contributed by atoms with E-state index in [4.69, 9.17) is 4.98 Å². The lowest BCUT2D eigenvalue weighted by Gasteiger charge is -2.56. The van der Waals surface area contributed by atoms with Gasteiger partial charge in [-0.1, -0.05) is 12.1 Å². The standard InChI is InChI=1S/C21H24N2O2/c24-19(25)18-3-1-2-14(9-18)13-23-5-4-22-20(23)21-10-15-6-16(11-21)8-17(7-15)12-21/h1-5,9,15-17H,6-8,10-13H2,(H,24,25). The summed E-state index contributed by atoms with van der Waals surface area (Å²) in [6.07, 6.45) is 12.2. The number of carboxylic acid groups (broad SMARTS) is 1. The van der Waals surface area contributed by atoms with Crippen molar-refractivity contribution in [2.45, 2.75) is 50.5 Å². The average Bonchev–Trinajstić information content (AvgIpc) is 3.03. The van der Waals surface area contributed by atoms with E-state index in [1.165, 1.54) is 44.3 Å². The van der Waals surface area contributed by atoms with Crippen LogP contribution in [0.5, 0.6) is 0 Å². The molecule has 0 atom stereocenters. The molecule has 0 spiro atoms. The zero-order valence-corrected chi connectivity index (χ0v) is 14.4. The van der Waals surface area contributed by atoms with Crippen LogP contribution in [0.3, 0.4) is 0 Å². The molecule has 0 radical (unpaired) electrons. The molecular formula is C21H24N2O2. The fourth-order valence-electron chi connectivity index (χ4n) is 6.28. The van der Waals surface area contributed by atoms with Gasteiger partial charge in [0.05, 0.1) is 5.56 Å². The second-order valence-corrected chi connectivity index (χ2v) is 8.58. The number of rotatable bonds is 4. The number of imidazole rings is 1. The fourth-order valence-corrected chi connectivity index (χ4v) is 6.28. The molecule has 0 unspecified atom stereocenters. The van der Waals surface area contributed by atoms with E-state index in [2.05, 4.69) is 10.8 Å². The fraction of sp³-hybridized carbons (Fsp3) is 0.524. The first-order chi connectivity index (χ1) is 12.1. The van der Waals surface area contributed by atoms with Crippen LogP contribution in [0.25, 0.3) is 0 Å². The SMILES string of the molecule is O=C(O)c1cccc(Cn2ccnc2C23CC4CC(CC(C4)C2)C3)c1. The van der Waals surface area contributed by atoms with Gasteiger partial charge in [0.25, 0.3) is 0 Å². The minimum absolute atomic E-state index is 0.267. The van der Waals surface area contributed by atoms with Crippen LogP contribution in [-0.2, 0) is 12.0 Å². The Morgan fingerprint density at radius 3 is 2.48 bits per heavy atom. The summed E-state index contributed by atoms with van der Waals surface area (Å²) >= 11 is 0. The Morgan fingerprint density at radius 1 is 1.16 bits per heavy atom. The predicted octanol–water partition coefficient (Wildman–Crippen LogP) is 4.10. The molecule has 130 valence electrons. The highest BCUT2D eigenvalue weighted by Crippen LogP contribution is 2.60. The Hall–Kier alpha value is -2.10. The van der Waals surface area contributed by atoms with Gasteiger partial charge in [-0.2, -0.15) is 0 Å². The van der Waals surface area contributed by atoms with Gasteiger partial charge in [-0.25, -0.2) is 9.78 Å². The highest BCUT2D eigenvalue weighted by Gasteiger charge is 2.53. The Kier molecular flexibility index (Phi) is 3.31. The van der Waals surface area contributed by atoms with Gasteiger partial charge in [-0.3, -0.25) is 0 Å². The summed E-state index contributed by atoms with van der Waals surface area (Å²) in [5, 5.41) is 9.22. The molecule has 4 fully saturated rings. The molecule has 4 nitrogen and oxygen atoms in total. The third kappa shape index (κ3) is 2.50. The summed E-state index contributed by atoms with van der Waals surface area (Å²) in [4.78, 5) is 16.0. The Morgan fingerprint density at radius 2 is 1.84 bits per heavy atom. The average molecular weight is 336 g/mol. The minimum Gasteiger partial charge on any atom is -0.478 e. The molecule has 4 aliphatic carbocycles. The maximum Gasteiger partial charge on any atom is 0.335 e. The first kappa shape index (κ1) is 15.2. The summed E-state index contributed by atoms with van der Waals surface area (Å²) < 4.78 is 2.27. The van der Waals surface area contributed by atoms with Crippen molar-refractivity contribution in [3.05, 3.63) is 53.6 Å². The first-order valence-corrected chi connectivity index (χ1v) is 9.45. The van der Waals surface area contributed by atoms with Crippen LogP contribution >= 0.6 is 0 Å². The smallest absolute Gasteiger partial charge is 0.335 e. The van der Waals surface area contributed by atoms with Gasteiger partial charge in [0, 0.05) is 24.4 Å². The number of carbonyl (C=O) groups is 1. The number of benzene rings is 1. The maximum absolute atomic E-state index is 11.2. The second-order valence-electron chi connectivity index (χ2n) is 8.58. The van der Waals surface area contributed by atoms with E-state index in [1.807, 2.05) is 18.3 Å². The zero-order chi connectivity index (χ0) is 17.0. The van der Waals surface area contributed by atoms with Gasteiger partial charge < -0.3 is 9.67 Å². The van der Waals surface area contributed by atoms with Crippen LogP contribution in [0, 0.1) is 17.8 Å². The largest absolute Gasteiger partial charge is 0.478 e. The molecule has 1 aromatic heterocycles. The van der Waals surface area contributed by atoms with Crippen LogP contribution in [-0.4, -0.2) is 20.6 Å². The summed E-state index contributed by atoms with van der Waals surface area (Å²) in [6.45, 7) is 0.707. The normalized spacial score (nSPS) is 32.9. The van der Waals surface area contributed by atoms with Gasteiger partial charge in [0.2, 0.25) is 0 Å². The third-order valence-electron chi connectivity index (χ3n) is 6.75. The van der Waals surface area contributed by atoms with E-state index in [-0.39, 0.29) is 5.41 Å². The molecule has 2 aromatic rings. The van der Waals surface area contributed by atoms with E-state index >= 15 is 0 Å². The van der Waals surface area contributed by atoms with E-state index in [0.717, 1.165) is 23.3 Å². The Labute approximate surface area is 147 Å². The Balaban J connectivity index is 1.47. The van der Waals surface area contributed by atoms with Gasteiger partial charge in [-0.15, -0.1) is 0 Å². The van der Waals surface area contributed by atoms with Gasteiger partial charge >= 0.3 is 5.97 Å². The van der Waals surface area contributed by atoms with E-state index in [0.29, 0.717) is 12.1 Å². The van der Waals surface area contributed by atoms with Crippen LogP contribution in [0.4, 0.5) is 0 Å². The van der Waals surface area contributed by atoms with Gasteiger partial charge in [0.1, 0.15) is 5.82 Å². The van der Waals surface area contributed by atoms with Gasteiger partial charge in [0.15, 0.2) is 0 Å². The number of aromatic carboxylic acids is 1. The number of nitrogens with zero attached hydrogens (tertiary/aromatic N) is 2. The molecule has 0 amide bonds. The quantitative estimate of drug-likeness (QED) is 0.914. The van der Waals surface area contributed by atoms with Crippen molar-refractivity contribution < 1.29 is 9.90 Å². The topological polar surface area (TPSA) is 55.1 Å². The van der Waals surface area contributed by atoms with E-state index < -0.39 is 5.97 Å². The van der Waals surface area contributed by atoms with E-state index in [1.54, 1.807) is 12.1 Å². The predicted molar refractivity (Wildman–Crippen MR) is 94.6 cm³/mol. The van der Waals surface area contributed by atoms with Gasteiger partial charge in [-0.05, 0) is 74.0 Å². The lowest BCUT2D eigenvalue weighted by atomic mass is 9.49. The lowest BCUT2D eigenvalue weighted by Crippen LogP contribution is -2.49. The molecule has 0 saturated heterocycles. The molecule has 25 heavy (non-hydrogen) atoms. The molecule has 4 heteroatoms. The zero-order valence-electron chi connectivity index (χ0n) is 14.4. The summed E-state index contributed by atoms with van der Waals surface area (Å²) in [5.41, 5.74) is 1.65. The van der Waals surface area contributed by atoms with Crippen LogP contribution in [0.15, 0.2) is 36.7 Å². The first-order valence-electron chi connectivity index (χ1n) is 9.45. The molecule has 6 rings (SSSR count). The Bertz CT molecular complexity index is 788. The van der Waals surface area contributed by atoms with E-state index in [9.17, 15) is 9.90 Å². The maximum atomic E-state index is 11.2. The molecule has 0 aliphatic heterocycles. The van der Waals surface area contributed by atoms with Crippen molar-refractivity contribution in [3.63, 3.8) is 0 Å². The number of hydrogen-bond acceptors (Lipinski definition) is 2. The highest BCUT2D eigenvalue weighted by molar-refractivity contribution is 5.87. The monoisotopic (exact) mass is 336 g/mol.